The van der Waals surface area contributed by atoms with Crippen LogP contribution >= 0.6 is 0 Å². The minimum Gasteiger partial charge on any atom is -0.440 e. The topological polar surface area (TPSA) is 26.0 Å². The van der Waals surface area contributed by atoms with Crippen LogP contribution in [0.5, 0.6) is 0 Å². The third-order valence-corrected chi connectivity index (χ3v) is 5.28. The number of rotatable bonds is 6. The average molecular weight is 301 g/mol. The van der Waals surface area contributed by atoms with E-state index in [2.05, 4.69) is 60.6 Å². The zero-order valence-electron chi connectivity index (χ0n) is 15.3. The van der Waals surface area contributed by atoms with E-state index in [9.17, 15) is 0 Å². The summed E-state index contributed by atoms with van der Waals surface area (Å²) in [5.41, 5.74) is 4.96. The first-order valence-electron chi connectivity index (χ1n) is 8.69. The molecule has 2 aromatic rings. The van der Waals surface area contributed by atoms with Gasteiger partial charge in [0, 0.05) is 12.0 Å². The second kappa shape index (κ2) is 6.06. The number of aryl methyl sites for hydroxylation is 1. The molecule has 22 heavy (non-hydrogen) atoms. The number of oxazole rings is 1. The molecule has 0 saturated carbocycles. The quantitative estimate of drug-likeness (QED) is 0.639. The summed E-state index contributed by atoms with van der Waals surface area (Å²) in [5.74, 6) is 0.872. The average Bonchev–Trinajstić information content (AvgIpc) is 2.88. The molecule has 0 saturated heterocycles. The lowest BCUT2D eigenvalue weighted by atomic mass is 9.76. The molecule has 0 aliphatic rings. The summed E-state index contributed by atoms with van der Waals surface area (Å²) in [6.07, 6.45) is 4.17. The molecule has 2 nitrogen and oxygen atoms in total. The largest absolute Gasteiger partial charge is 0.440 e. The Morgan fingerprint density at radius 3 is 2.14 bits per heavy atom. The number of nitrogens with zero attached hydrogens (tertiary/aromatic N) is 1. The van der Waals surface area contributed by atoms with Gasteiger partial charge in [0.15, 0.2) is 11.5 Å². The highest BCUT2D eigenvalue weighted by Gasteiger charge is 2.28. The van der Waals surface area contributed by atoms with Gasteiger partial charge in [-0.2, -0.15) is 0 Å². The fraction of sp³-hybridized carbons (Fsp3) is 0.650. The van der Waals surface area contributed by atoms with Crippen LogP contribution in [0, 0.1) is 0 Å². The van der Waals surface area contributed by atoms with Crippen molar-refractivity contribution in [3.63, 3.8) is 0 Å². The summed E-state index contributed by atoms with van der Waals surface area (Å²) in [6.45, 7) is 15.9. The van der Waals surface area contributed by atoms with Gasteiger partial charge in [0.2, 0.25) is 0 Å². The van der Waals surface area contributed by atoms with Crippen molar-refractivity contribution in [2.24, 2.45) is 0 Å². The lowest BCUT2D eigenvalue weighted by Gasteiger charge is -2.28. The Bertz CT molecular complexity index is 649. The van der Waals surface area contributed by atoms with Gasteiger partial charge in [0.05, 0.1) is 0 Å². The van der Waals surface area contributed by atoms with Crippen LogP contribution in [-0.2, 0) is 17.3 Å². The molecular formula is C20H31NO. The van der Waals surface area contributed by atoms with Gasteiger partial charge in [-0.25, -0.2) is 4.98 Å². The SMILES string of the molecule is CCCc1nc2cc(C(C)(C)CC)cc(C(C)(C)CC)c2o1. The maximum atomic E-state index is 6.12. The molecule has 0 unspecified atom stereocenters. The molecule has 0 amide bonds. The van der Waals surface area contributed by atoms with Gasteiger partial charge >= 0.3 is 0 Å². The van der Waals surface area contributed by atoms with Gasteiger partial charge in [-0.05, 0) is 41.7 Å². The van der Waals surface area contributed by atoms with Crippen molar-refractivity contribution >= 4 is 11.1 Å². The summed E-state index contributed by atoms with van der Waals surface area (Å²) in [7, 11) is 0. The number of benzene rings is 1. The summed E-state index contributed by atoms with van der Waals surface area (Å²) in [5, 5.41) is 0. The molecule has 0 radical (unpaired) electrons. The first-order valence-corrected chi connectivity index (χ1v) is 8.69. The first kappa shape index (κ1) is 17.1. The number of fused-ring (bicyclic) bond motifs is 1. The highest BCUT2D eigenvalue weighted by atomic mass is 16.3. The Balaban J connectivity index is 2.72. The van der Waals surface area contributed by atoms with Crippen molar-refractivity contribution in [3.05, 3.63) is 29.2 Å². The first-order chi connectivity index (χ1) is 10.2. The zero-order valence-corrected chi connectivity index (χ0v) is 15.3. The van der Waals surface area contributed by atoms with E-state index in [1.54, 1.807) is 0 Å². The van der Waals surface area contributed by atoms with Crippen molar-refractivity contribution in [3.8, 4) is 0 Å². The van der Waals surface area contributed by atoms with E-state index >= 15 is 0 Å². The fourth-order valence-corrected chi connectivity index (χ4v) is 2.69. The fourth-order valence-electron chi connectivity index (χ4n) is 2.69. The Kier molecular flexibility index (Phi) is 4.70. The molecule has 0 spiro atoms. The van der Waals surface area contributed by atoms with Crippen molar-refractivity contribution in [1.82, 2.24) is 4.98 Å². The predicted octanol–water partition coefficient (Wildman–Crippen LogP) is 6.16. The van der Waals surface area contributed by atoms with E-state index in [1.165, 1.54) is 11.1 Å². The maximum Gasteiger partial charge on any atom is 0.195 e. The molecule has 2 heteroatoms. The van der Waals surface area contributed by atoms with Gasteiger partial charge in [-0.1, -0.05) is 54.5 Å². The molecule has 1 aromatic heterocycles. The van der Waals surface area contributed by atoms with Crippen molar-refractivity contribution in [2.75, 3.05) is 0 Å². The van der Waals surface area contributed by atoms with Gasteiger partial charge < -0.3 is 4.42 Å². The smallest absolute Gasteiger partial charge is 0.195 e. The molecule has 0 bridgehead atoms. The summed E-state index contributed by atoms with van der Waals surface area (Å²) < 4.78 is 6.12. The minimum atomic E-state index is 0.0983. The highest BCUT2D eigenvalue weighted by Crippen LogP contribution is 2.38. The van der Waals surface area contributed by atoms with Gasteiger partial charge in [-0.3, -0.25) is 0 Å². The highest BCUT2D eigenvalue weighted by molar-refractivity contribution is 5.79. The predicted molar refractivity (Wildman–Crippen MR) is 94.6 cm³/mol. The Morgan fingerprint density at radius 1 is 0.955 bits per heavy atom. The van der Waals surface area contributed by atoms with Crippen LogP contribution in [0.25, 0.3) is 11.1 Å². The lowest BCUT2D eigenvalue weighted by Crippen LogP contribution is -2.20. The third kappa shape index (κ3) is 3.06. The van der Waals surface area contributed by atoms with Crippen LogP contribution in [0.2, 0.25) is 0 Å². The number of hydrogen-bond donors (Lipinski definition) is 0. The van der Waals surface area contributed by atoms with E-state index in [0.29, 0.717) is 0 Å². The van der Waals surface area contributed by atoms with E-state index in [-0.39, 0.29) is 10.8 Å². The molecule has 0 fully saturated rings. The van der Waals surface area contributed by atoms with E-state index in [0.717, 1.165) is 42.7 Å². The summed E-state index contributed by atoms with van der Waals surface area (Å²) in [6, 6.07) is 4.59. The van der Waals surface area contributed by atoms with Crippen LogP contribution in [0.4, 0.5) is 0 Å². The lowest BCUT2D eigenvalue weighted by molar-refractivity contribution is 0.474. The van der Waals surface area contributed by atoms with E-state index in [4.69, 9.17) is 9.40 Å². The van der Waals surface area contributed by atoms with Crippen molar-refractivity contribution < 1.29 is 4.42 Å². The molecule has 122 valence electrons. The van der Waals surface area contributed by atoms with Gasteiger partial charge in [0.1, 0.15) is 5.52 Å². The van der Waals surface area contributed by atoms with Gasteiger partial charge in [0.25, 0.3) is 0 Å². The van der Waals surface area contributed by atoms with E-state index < -0.39 is 0 Å². The zero-order chi connectivity index (χ0) is 16.5. The van der Waals surface area contributed by atoms with Crippen LogP contribution in [0.1, 0.15) is 84.7 Å². The molecule has 1 heterocycles. The summed E-state index contributed by atoms with van der Waals surface area (Å²) >= 11 is 0. The second-order valence-electron chi connectivity index (χ2n) is 7.70. The standard InChI is InChI=1S/C20H31NO/c1-8-11-17-21-16-13-14(19(4,5)9-2)12-15(18(16)22-17)20(6,7)10-3/h12-13H,8-11H2,1-7H3. The van der Waals surface area contributed by atoms with Crippen molar-refractivity contribution in [2.45, 2.75) is 85.0 Å². The second-order valence-corrected chi connectivity index (χ2v) is 7.70. The number of aromatic nitrogens is 1. The van der Waals surface area contributed by atoms with Gasteiger partial charge in [-0.15, -0.1) is 0 Å². The molecular weight excluding hydrogens is 270 g/mol. The normalized spacial score (nSPS) is 13.0. The van der Waals surface area contributed by atoms with Crippen LogP contribution in [0.15, 0.2) is 16.5 Å². The molecule has 1 aromatic carbocycles. The molecule has 2 rings (SSSR count). The molecule has 0 N–H and O–H groups in total. The third-order valence-electron chi connectivity index (χ3n) is 5.28. The Labute approximate surface area is 135 Å². The Morgan fingerprint density at radius 2 is 1.59 bits per heavy atom. The Hall–Kier alpha value is -1.31. The van der Waals surface area contributed by atoms with Crippen molar-refractivity contribution in [1.29, 1.82) is 0 Å². The van der Waals surface area contributed by atoms with Crippen LogP contribution in [-0.4, -0.2) is 4.98 Å². The number of hydrogen-bond acceptors (Lipinski definition) is 2. The molecule has 0 atom stereocenters. The minimum absolute atomic E-state index is 0.0983. The van der Waals surface area contributed by atoms with Crippen LogP contribution in [0.3, 0.4) is 0 Å². The molecule has 0 aliphatic carbocycles. The summed E-state index contributed by atoms with van der Waals surface area (Å²) in [4.78, 5) is 4.75. The molecule has 0 aliphatic heterocycles. The van der Waals surface area contributed by atoms with E-state index in [1.807, 2.05) is 0 Å². The maximum absolute atomic E-state index is 6.12. The monoisotopic (exact) mass is 301 g/mol. The van der Waals surface area contributed by atoms with Crippen LogP contribution < -0.4 is 0 Å².